The Labute approximate surface area is 117 Å². The van der Waals surface area contributed by atoms with Gasteiger partial charge in [0.1, 0.15) is 5.82 Å². The summed E-state index contributed by atoms with van der Waals surface area (Å²) in [6, 6.07) is 5.25. The summed E-state index contributed by atoms with van der Waals surface area (Å²) in [5.74, 6) is -0.186. The molecule has 18 heavy (non-hydrogen) atoms. The summed E-state index contributed by atoms with van der Waals surface area (Å²) in [4.78, 5) is 0. The first-order valence-corrected chi connectivity index (χ1v) is 7.32. The molecule has 98 valence electrons. The number of allylic oxidation sites excluding steroid dienone is 1. The third-order valence-electron chi connectivity index (χ3n) is 3.45. The van der Waals surface area contributed by atoms with Crippen molar-refractivity contribution in [3.63, 3.8) is 0 Å². The van der Waals surface area contributed by atoms with Crippen LogP contribution in [0.4, 0.5) is 4.39 Å². The number of nitrogens with one attached hydrogen (secondary N) is 1. The second-order valence-electron chi connectivity index (χ2n) is 4.80. The molecule has 0 spiro atoms. The fourth-order valence-corrected chi connectivity index (χ4v) is 3.09. The van der Waals surface area contributed by atoms with Crippen LogP contribution in [0.15, 0.2) is 34.3 Å². The van der Waals surface area contributed by atoms with Crippen molar-refractivity contribution in [2.75, 3.05) is 7.05 Å². The van der Waals surface area contributed by atoms with E-state index < -0.39 is 0 Å². The normalized spacial score (nSPS) is 18.1. The minimum absolute atomic E-state index is 0.134. The lowest BCUT2D eigenvalue weighted by atomic mass is 9.95. The molecule has 1 aromatic rings. The van der Waals surface area contributed by atoms with Crippen molar-refractivity contribution in [1.82, 2.24) is 5.32 Å². The van der Waals surface area contributed by atoms with Gasteiger partial charge in [0, 0.05) is 4.47 Å². The van der Waals surface area contributed by atoms with Crippen LogP contribution in [0.3, 0.4) is 0 Å². The monoisotopic (exact) mass is 311 g/mol. The minimum Gasteiger partial charge on any atom is -0.310 e. The topological polar surface area (TPSA) is 12.0 Å². The molecular weight excluding hydrogens is 293 g/mol. The van der Waals surface area contributed by atoms with Gasteiger partial charge in [-0.2, -0.15) is 0 Å². The molecule has 1 aliphatic rings. The lowest BCUT2D eigenvalue weighted by molar-refractivity contribution is 0.603. The van der Waals surface area contributed by atoms with Gasteiger partial charge in [0.15, 0.2) is 0 Å². The molecule has 1 nitrogen and oxygen atoms in total. The lowest BCUT2D eigenvalue weighted by Gasteiger charge is -2.20. The third-order valence-corrected chi connectivity index (χ3v) is 3.91. The molecule has 0 fully saturated rings. The largest absolute Gasteiger partial charge is 0.310 e. The first-order valence-electron chi connectivity index (χ1n) is 6.53. The Balaban J connectivity index is 2.29. The SMILES string of the molecule is CNC(C1=CCCCCC1)c1cc(F)cc(Br)c1. The van der Waals surface area contributed by atoms with E-state index in [1.54, 1.807) is 6.07 Å². The molecular formula is C15H19BrFN. The van der Waals surface area contributed by atoms with Crippen molar-refractivity contribution < 1.29 is 4.39 Å². The Morgan fingerprint density at radius 1 is 1.22 bits per heavy atom. The number of benzene rings is 1. The molecule has 0 bridgehead atoms. The van der Waals surface area contributed by atoms with Crippen molar-refractivity contribution in [3.8, 4) is 0 Å². The summed E-state index contributed by atoms with van der Waals surface area (Å²) in [6.07, 6.45) is 8.38. The highest BCUT2D eigenvalue weighted by Crippen LogP contribution is 2.30. The van der Waals surface area contributed by atoms with E-state index in [2.05, 4.69) is 27.3 Å². The quantitative estimate of drug-likeness (QED) is 0.795. The van der Waals surface area contributed by atoms with E-state index in [1.165, 1.54) is 30.9 Å². The zero-order chi connectivity index (χ0) is 13.0. The van der Waals surface area contributed by atoms with Gasteiger partial charge in [0.25, 0.3) is 0 Å². The van der Waals surface area contributed by atoms with Crippen LogP contribution in [-0.2, 0) is 0 Å². The maximum Gasteiger partial charge on any atom is 0.124 e. The zero-order valence-electron chi connectivity index (χ0n) is 10.7. The van der Waals surface area contributed by atoms with Gasteiger partial charge in [0.2, 0.25) is 0 Å². The van der Waals surface area contributed by atoms with E-state index in [9.17, 15) is 4.39 Å². The van der Waals surface area contributed by atoms with Crippen LogP contribution < -0.4 is 5.32 Å². The fraction of sp³-hybridized carbons (Fsp3) is 0.467. The van der Waals surface area contributed by atoms with E-state index in [0.29, 0.717) is 0 Å². The fourth-order valence-electron chi connectivity index (χ4n) is 2.61. The third kappa shape index (κ3) is 3.42. The molecule has 0 saturated carbocycles. The van der Waals surface area contributed by atoms with E-state index >= 15 is 0 Å². The molecule has 1 N–H and O–H groups in total. The number of hydrogen-bond donors (Lipinski definition) is 1. The van der Waals surface area contributed by atoms with Gasteiger partial charge < -0.3 is 5.32 Å². The number of likely N-dealkylation sites (N-methyl/N-ethyl adjacent to an activating group) is 1. The van der Waals surface area contributed by atoms with Crippen molar-refractivity contribution in [2.24, 2.45) is 0 Å². The summed E-state index contributed by atoms with van der Waals surface area (Å²) in [7, 11) is 1.94. The van der Waals surface area contributed by atoms with Gasteiger partial charge in [-0.15, -0.1) is 0 Å². The van der Waals surface area contributed by atoms with Crippen molar-refractivity contribution >= 4 is 15.9 Å². The Hall–Kier alpha value is -0.670. The highest BCUT2D eigenvalue weighted by Gasteiger charge is 2.17. The van der Waals surface area contributed by atoms with Crippen molar-refractivity contribution in [2.45, 2.75) is 38.1 Å². The van der Waals surface area contributed by atoms with Gasteiger partial charge in [-0.05, 0) is 56.5 Å². The summed E-state index contributed by atoms with van der Waals surface area (Å²) in [6.45, 7) is 0. The van der Waals surface area contributed by atoms with E-state index in [0.717, 1.165) is 22.9 Å². The molecule has 3 heteroatoms. The molecule has 0 heterocycles. The summed E-state index contributed by atoms with van der Waals surface area (Å²) >= 11 is 3.36. The van der Waals surface area contributed by atoms with Crippen LogP contribution in [-0.4, -0.2) is 7.05 Å². The molecule has 1 aliphatic carbocycles. The maximum atomic E-state index is 13.5. The summed E-state index contributed by atoms with van der Waals surface area (Å²) in [5, 5.41) is 3.31. The molecule has 0 aromatic heterocycles. The first kappa shape index (κ1) is 13.8. The van der Waals surface area contributed by atoms with Crippen molar-refractivity contribution in [3.05, 3.63) is 45.7 Å². The van der Waals surface area contributed by atoms with E-state index in [4.69, 9.17) is 0 Å². The minimum atomic E-state index is -0.186. The Morgan fingerprint density at radius 3 is 2.78 bits per heavy atom. The van der Waals surface area contributed by atoms with E-state index in [-0.39, 0.29) is 11.9 Å². The van der Waals surface area contributed by atoms with Crippen LogP contribution in [0.1, 0.15) is 43.7 Å². The van der Waals surface area contributed by atoms with Gasteiger partial charge in [0.05, 0.1) is 6.04 Å². The molecule has 1 atom stereocenters. The second kappa shape index (κ2) is 6.48. The van der Waals surface area contributed by atoms with Crippen LogP contribution in [0.25, 0.3) is 0 Å². The summed E-state index contributed by atoms with van der Waals surface area (Å²) < 4.78 is 14.3. The zero-order valence-corrected chi connectivity index (χ0v) is 12.3. The number of rotatable bonds is 3. The standard InChI is InChI=1S/C15H19BrFN/c1-18-15(11-6-4-2-3-5-7-11)12-8-13(16)10-14(17)9-12/h6,8-10,15,18H,2-5,7H2,1H3. The van der Waals surface area contributed by atoms with Crippen LogP contribution >= 0.6 is 15.9 Å². The Kier molecular flexibility index (Phi) is 4.95. The molecule has 0 aliphatic heterocycles. The predicted molar refractivity (Wildman–Crippen MR) is 77.1 cm³/mol. The molecule has 1 aromatic carbocycles. The van der Waals surface area contributed by atoms with Crippen molar-refractivity contribution in [1.29, 1.82) is 0 Å². The Bertz CT molecular complexity index is 422. The average Bonchev–Trinajstić information content (AvgIpc) is 2.58. The number of halogens is 2. The van der Waals surface area contributed by atoms with Crippen LogP contribution in [0, 0.1) is 5.82 Å². The molecule has 0 radical (unpaired) electrons. The Morgan fingerprint density at radius 2 is 2.06 bits per heavy atom. The number of hydrogen-bond acceptors (Lipinski definition) is 1. The second-order valence-corrected chi connectivity index (χ2v) is 5.72. The molecule has 2 rings (SSSR count). The first-order chi connectivity index (χ1) is 8.70. The molecule has 0 amide bonds. The highest BCUT2D eigenvalue weighted by atomic mass is 79.9. The van der Waals surface area contributed by atoms with E-state index in [1.807, 2.05) is 13.1 Å². The average molecular weight is 312 g/mol. The predicted octanol–water partition coefficient (Wildman–Crippen LogP) is 4.74. The highest BCUT2D eigenvalue weighted by molar-refractivity contribution is 9.10. The van der Waals surface area contributed by atoms with Gasteiger partial charge in [-0.1, -0.05) is 34.0 Å². The van der Waals surface area contributed by atoms with Crippen LogP contribution in [0.5, 0.6) is 0 Å². The van der Waals surface area contributed by atoms with Gasteiger partial charge in [-0.3, -0.25) is 0 Å². The van der Waals surface area contributed by atoms with Crippen LogP contribution in [0.2, 0.25) is 0 Å². The van der Waals surface area contributed by atoms with Gasteiger partial charge >= 0.3 is 0 Å². The molecule has 0 saturated heterocycles. The molecule has 1 unspecified atom stereocenters. The maximum absolute atomic E-state index is 13.5. The smallest absolute Gasteiger partial charge is 0.124 e. The lowest BCUT2D eigenvalue weighted by Crippen LogP contribution is -2.19. The summed E-state index contributed by atoms with van der Waals surface area (Å²) in [5.41, 5.74) is 2.39. The van der Waals surface area contributed by atoms with Gasteiger partial charge in [-0.25, -0.2) is 4.39 Å².